The number of carbonyl (C=O) groups is 2. The maximum atomic E-state index is 12.3. The molecule has 0 aliphatic heterocycles. The molecule has 19 heavy (non-hydrogen) atoms. The number of carboxylic acids is 1. The molecule has 0 bridgehead atoms. The van der Waals surface area contributed by atoms with Gasteiger partial charge in [0, 0.05) is 13.1 Å². The quantitative estimate of drug-likeness (QED) is 0.837. The van der Waals surface area contributed by atoms with E-state index in [-0.39, 0.29) is 12.5 Å². The zero-order chi connectivity index (χ0) is 14.4. The monoisotopic (exact) mass is 283 g/mol. The van der Waals surface area contributed by atoms with Crippen molar-refractivity contribution in [1.29, 1.82) is 0 Å². The highest BCUT2D eigenvalue weighted by Crippen LogP contribution is 2.15. The fourth-order valence-electron chi connectivity index (χ4n) is 1.65. The first-order valence-electron chi connectivity index (χ1n) is 6.47. The van der Waals surface area contributed by atoms with E-state index in [9.17, 15) is 9.59 Å². The van der Waals surface area contributed by atoms with Crippen molar-refractivity contribution in [2.24, 2.45) is 11.8 Å². The minimum Gasteiger partial charge on any atom is -0.481 e. The Labute approximate surface area is 118 Å². The molecule has 4 nitrogen and oxygen atoms in total. The van der Waals surface area contributed by atoms with Gasteiger partial charge in [0.1, 0.15) is 0 Å². The van der Waals surface area contributed by atoms with E-state index in [1.165, 1.54) is 11.3 Å². The fourth-order valence-corrected chi connectivity index (χ4v) is 2.35. The van der Waals surface area contributed by atoms with E-state index in [0.717, 1.165) is 6.42 Å². The van der Waals surface area contributed by atoms with Gasteiger partial charge in [0.25, 0.3) is 5.91 Å². The molecular formula is C14H21NO3S. The van der Waals surface area contributed by atoms with Crippen molar-refractivity contribution in [3.05, 3.63) is 22.4 Å². The van der Waals surface area contributed by atoms with Gasteiger partial charge >= 0.3 is 5.97 Å². The molecule has 1 rings (SSSR count). The van der Waals surface area contributed by atoms with Gasteiger partial charge < -0.3 is 10.0 Å². The average Bonchev–Trinajstić information content (AvgIpc) is 2.86. The molecule has 0 spiro atoms. The van der Waals surface area contributed by atoms with Gasteiger partial charge in [-0.1, -0.05) is 26.8 Å². The summed E-state index contributed by atoms with van der Waals surface area (Å²) in [6, 6.07) is 3.61. The number of carbonyl (C=O) groups excluding carboxylic acids is 1. The minimum absolute atomic E-state index is 0.0660. The van der Waals surface area contributed by atoms with Crippen LogP contribution in [0, 0.1) is 11.8 Å². The molecule has 5 heteroatoms. The second-order valence-corrected chi connectivity index (χ2v) is 6.10. The summed E-state index contributed by atoms with van der Waals surface area (Å²) in [7, 11) is 0. The fraction of sp³-hybridized carbons (Fsp3) is 0.571. The summed E-state index contributed by atoms with van der Waals surface area (Å²) in [5.74, 6) is -0.993. The number of nitrogens with zero attached hydrogens (tertiary/aromatic N) is 1. The van der Waals surface area contributed by atoms with Gasteiger partial charge in [-0.2, -0.15) is 0 Å². The predicted octanol–water partition coefficient (Wildman–Crippen LogP) is 2.96. The lowest BCUT2D eigenvalue weighted by Gasteiger charge is -2.24. The molecule has 0 saturated heterocycles. The molecule has 0 aromatic carbocycles. The van der Waals surface area contributed by atoms with Gasteiger partial charge in [0.15, 0.2) is 0 Å². The Morgan fingerprint density at radius 2 is 2.05 bits per heavy atom. The van der Waals surface area contributed by atoms with Gasteiger partial charge in [0.2, 0.25) is 0 Å². The molecule has 1 unspecified atom stereocenters. The van der Waals surface area contributed by atoms with Gasteiger partial charge in [-0.25, -0.2) is 0 Å². The van der Waals surface area contributed by atoms with Crippen LogP contribution in [0.15, 0.2) is 17.5 Å². The van der Waals surface area contributed by atoms with Crippen LogP contribution in [0.25, 0.3) is 0 Å². The van der Waals surface area contributed by atoms with E-state index in [2.05, 4.69) is 13.8 Å². The predicted molar refractivity (Wildman–Crippen MR) is 76.5 cm³/mol. The Hall–Kier alpha value is -1.36. The lowest BCUT2D eigenvalue weighted by atomic mass is 10.1. The van der Waals surface area contributed by atoms with Crippen LogP contribution in [0.4, 0.5) is 0 Å². The van der Waals surface area contributed by atoms with Gasteiger partial charge in [-0.3, -0.25) is 9.59 Å². The highest BCUT2D eigenvalue weighted by Gasteiger charge is 2.22. The van der Waals surface area contributed by atoms with E-state index in [1.54, 1.807) is 17.9 Å². The summed E-state index contributed by atoms with van der Waals surface area (Å²) in [5.41, 5.74) is 0. The molecular weight excluding hydrogens is 262 g/mol. The smallest absolute Gasteiger partial charge is 0.308 e. The number of hydrogen-bond acceptors (Lipinski definition) is 3. The van der Waals surface area contributed by atoms with E-state index in [1.807, 2.05) is 11.4 Å². The number of thiophene rings is 1. The second-order valence-electron chi connectivity index (χ2n) is 5.15. The van der Waals surface area contributed by atoms with Crippen LogP contribution in [0.1, 0.15) is 36.9 Å². The van der Waals surface area contributed by atoms with Gasteiger partial charge in [0.05, 0.1) is 10.8 Å². The van der Waals surface area contributed by atoms with E-state index in [0.29, 0.717) is 17.3 Å². The summed E-state index contributed by atoms with van der Waals surface area (Å²) in [6.45, 7) is 6.68. The Kier molecular flexibility index (Phi) is 6.02. The minimum atomic E-state index is -0.867. The van der Waals surface area contributed by atoms with Crippen molar-refractivity contribution in [2.45, 2.75) is 27.2 Å². The third kappa shape index (κ3) is 5.03. The SMILES string of the molecule is CC(C)CCN(CC(C)C(=O)O)C(=O)c1cccs1. The van der Waals surface area contributed by atoms with Crippen LogP contribution in [0.2, 0.25) is 0 Å². The lowest BCUT2D eigenvalue weighted by Crippen LogP contribution is -2.37. The van der Waals surface area contributed by atoms with Crippen molar-refractivity contribution in [1.82, 2.24) is 4.90 Å². The van der Waals surface area contributed by atoms with Gasteiger partial charge in [-0.15, -0.1) is 11.3 Å². The number of rotatable bonds is 7. The molecule has 1 N–H and O–H groups in total. The maximum Gasteiger partial charge on any atom is 0.308 e. The van der Waals surface area contributed by atoms with Crippen molar-refractivity contribution in [2.75, 3.05) is 13.1 Å². The number of amides is 1. The molecule has 1 aromatic heterocycles. The number of aliphatic carboxylic acids is 1. The molecule has 0 fully saturated rings. The Morgan fingerprint density at radius 3 is 2.53 bits per heavy atom. The number of hydrogen-bond donors (Lipinski definition) is 1. The van der Waals surface area contributed by atoms with Crippen LogP contribution in [0.3, 0.4) is 0 Å². The lowest BCUT2D eigenvalue weighted by molar-refractivity contribution is -0.141. The summed E-state index contributed by atoms with van der Waals surface area (Å²) in [6.07, 6.45) is 0.878. The zero-order valence-electron chi connectivity index (χ0n) is 11.6. The molecule has 1 heterocycles. The van der Waals surface area contributed by atoms with Crippen LogP contribution in [0.5, 0.6) is 0 Å². The van der Waals surface area contributed by atoms with Crippen molar-refractivity contribution in [3.8, 4) is 0 Å². The highest BCUT2D eigenvalue weighted by atomic mass is 32.1. The molecule has 0 saturated carbocycles. The Morgan fingerprint density at radius 1 is 1.37 bits per heavy atom. The van der Waals surface area contributed by atoms with Crippen LogP contribution in [-0.4, -0.2) is 35.0 Å². The van der Waals surface area contributed by atoms with Crippen LogP contribution >= 0.6 is 11.3 Å². The van der Waals surface area contributed by atoms with Crippen molar-refractivity contribution >= 4 is 23.2 Å². The zero-order valence-corrected chi connectivity index (χ0v) is 12.4. The third-order valence-electron chi connectivity index (χ3n) is 2.91. The van der Waals surface area contributed by atoms with E-state index in [4.69, 9.17) is 5.11 Å². The summed E-state index contributed by atoms with van der Waals surface area (Å²) in [5, 5.41) is 10.8. The largest absolute Gasteiger partial charge is 0.481 e. The first-order chi connectivity index (χ1) is 8.91. The first kappa shape index (κ1) is 15.7. The van der Waals surface area contributed by atoms with Crippen LogP contribution < -0.4 is 0 Å². The van der Waals surface area contributed by atoms with Gasteiger partial charge in [-0.05, 0) is 23.8 Å². The standard InChI is InChI=1S/C14H21NO3S/c1-10(2)6-7-15(9-11(3)14(17)18)13(16)12-5-4-8-19-12/h4-5,8,10-11H,6-7,9H2,1-3H3,(H,17,18). The molecule has 1 aromatic rings. The molecule has 1 amide bonds. The maximum absolute atomic E-state index is 12.3. The molecule has 0 aliphatic rings. The van der Waals surface area contributed by atoms with Crippen molar-refractivity contribution in [3.63, 3.8) is 0 Å². The molecule has 1 atom stereocenters. The summed E-state index contributed by atoms with van der Waals surface area (Å²) >= 11 is 1.39. The van der Waals surface area contributed by atoms with E-state index >= 15 is 0 Å². The Bertz CT molecular complexity index is 414. The summed E-state index contributed by atoms with van der Waals surface area (Å²) in [4.78, 5) is 25.6. The molecule has 0 aliphatic carbocycles. The van der Waals surface area contributed by atoms with Crippen LogP contribution in [-0.2, 0) is 4.79 Å². The normalized spacial score (nSPS) is 12.4. The second kappa shape index (κ2) is 7.28. The third-order valence-corrected chi connectivity index (χ3v) is 3.77. The molecule has 106 valence electrons. The molecule has 0 radical (unpaired) electrons. The first-order valence-corrected chi connectivity index (χ1v) is 7.35. The highest BCUT2D eigenvalue weighted by molar-refractivity contribution is 7.12. The topological polar surface area (TPSA) is 57.6 Å². The summed E-state index contributed by atoms with van der Waals surface area (Å²) < 4.78 is 0. The average molecular weight is 283 g/mol. The number of carboxylic acid groups (broad SMARTS) is 1. The van der Waals surface area contributed by atoms with Crippen molar-refractivity contribution < 1.29 is 14.7 Å². The van der Waals surface area contributed by atoms with E-state index < -0.39 is 11.9 Å². The Balaban J connectivity index is 2.73.